The molecule has 0 amide bonds. The van der Waals surface area contributed by atoms with Gasteiger partial charge in [-0.3, -0.25) is 0 Å². The Hall–Kier alpha value is -0.840. The van der Waals surface area contributed by atoms with Gasteiger partial charge in [0.15, 0.2) is 0 Å². The summed E-state index contributed by atoms with van der Waals surface area (Å²) in [6, 6.07) is 5.48. The minimum absolute atomic E-state index is 0.322. The Morgan fingerprint density at radius 2 is 2.11 bits per heavy atom. The maximum Gasteiger partial charge on any atom is 0.106 e. The molecular weight excluding hydrogens is 280 g/mol. The number of hydrogen-bond donors (Lipinski definition) is 2. The number of hydrogen-bond acceptors (Lipinski definition) is 3. The van der Waals surface area contributed by atoms with Gasteiger partial charge in [-0.15, -0.1) is 0 Å². The highest BCUT2D eigenvalue weighted by Gasteiger charge is 2.32. The fraction of sp³-hybridized carbons (Fsp3) is 0.500. The minimum Gasteiger partial charge on any atom is -0.389 e. The lowest BCUT2D eigenvalue weighted by atomic mass is 10.0. The molecule has 0 atom stereocenters. The largest absolute Gasteiger partial charge is 0.389 e. The third-order valence-corrected chi connectivity index (χ3v) is 4.16. The number of nitrogens with zero attached hydrogens (tertiary/aromatic N) is 1. The van der Waals surface area contributed by atoms with E-state index < -0.39 is 5.60 Å². The fourth-order valence-corrected chi connectivity index (χ4v) is 3.09. The van der Waals surface area contributed by atoms with Gasteiger partial charge in [0.25, 0.3) is 0 Å². The first-order valence-corrected chi connectivity index (χ1v) is 7.23. The average Bonchev–Trinajstić information content (AvgIpc) is 2.75. The summed E-state index contributed by atoms with van der Waals surface area (Å²) < 4.78 is 0. The quantitative estimate of drug-likeness (QED) is 0.839. The highest BCUT2D eigenvalue weighted by molar-refractivity contribution is 7.80. The van der Waals surface area contributed by atoms with Crippen molar-refractivity contribution in [2.75, 3.05) is 18.5 Å². The van der Waals surface area contributed by atoms with Crippen LogP contribution in [-0.4, -0.2) is 29.3 Å². The van der Waals surface area contributed by atoms with Gasteiger partial charge in [0.05, 0.1) is 5.60 Å². The van der Waals surface area contributed by atoms with Gasteiger partial charge in [0.1, 0.15) is 4.99 Å². The highest BCUT2D eigenvalue weighted by atomic mass is 35.5. The molecule has 3 N–H and O–H groups in total. The number of halogens is 1. The molecule has 1 aromatic carbocycles. The summed E-state index contributed by atoms with van der Waals surface area (Å²) in [6.07, 6.45) is 3.89. The Morgan fingerprint density at radius 3 is 2.68 bits per heavy atom. The lowest BCUT2D eigenvalue weighted by Crippen LogP contribution is -2.39. The zero-order valence-corrected chi connectivity index (χ0v) is 12.6. The van der Waals surface area contributed by atoms with Gasteiger partial charge in [0.2, 0.25) is 0 Å². The van der Waals surface area contributed by atoms with Crippen molar-refractivity contribution in [2.24, 2.45) is 5.73 Å². The van der Waals surface area contributed by atoms with E-state index in [2.05, 4.69) is 0 Å². The third-order valence-electron chi connectivity index (χ3n) is 3.70. The van der Waals surface area contributed by atoms with Crippen molar-refractivity contribution in [1.82, 2.24) is 0 Å². The first kappa shape index (κ1) is 14.6. The second kappa shape index (κ2) is 5.65. The fourth-order valence-electron chi connectivity index (χ4n) is 2.76. The Balaban J connectivity index is 2.23. The van der Waals surface area contributed by atoms with E-state index in [4.69, 9.17) is 29.6 Å². The van der Waals surface area contributed by atoms with Crippen LogP contribution in [0.15, 0.2) is 18.2 Å². The molecule has 0 unspecified atom stereocenters. The molecule has 0 bridgehead atoms. The molecule has 5 heteroatoms. The topological polar surface area (TPSA) is 49.5 Å². The monoisotopic (exact) mass is 298 g/mol. The maximum absolute atomic E-state index is 10.5. The zero-order valence-electron chi connectivity index (χ0n) is 11.0. The summed E-state index contributed by atoms with van der Waals surface area (Å²) in [5, 5.41) is 11.1. The Morgan fingerprint density at radius 1 is 1.47 bits per heavy atom. The number of likely N-dealkylation sites (N-methyl/N-ethyl adjacent to an activating group) is 1. The molecule has 19 heavy (non-hydrogen) atoms. The van der Waals surface area contributed by atoms with Gasteiger partial charge in [-0.1, -0.05) is 36.7 Å². The van der Waals surface area contributed by atoms with Crippen LogP contribution in [0.1, 0.15) is 31.2 Å². The van der Waals surface area contributed by atoms with Gasteiger partial charge >= 0.3 is 0 Å². The van der Waals surface area contributed by atoms with Crippen LogP contribution >= 0.6 is 23.8 Å². The number of benzene rings is 1. The van der Waals surface area contributed by atoms with E-state index in [1.54, 1.807) is 6.07 Å². The first-order chi connectivity index (χ1) is 8.91. The average molecular weight is 299 g/mol. The maximum atomic E-state index is 10.5. The van der Waals surface area contributed by atoms with Crippen molar-refractivity contribution in [2.45, 2.75) is 31.3 Å². The second-order valence-corrected chi connectivity index (χ2v) is 6.19. The number of aliphatic hydroxyl groups is 1. The van der Waals surface area contributed by atoms with Crippen LogP contribution in [0.25, 0.3) is 0 Å². The molecule has 3 nitrogen and oxygen atoms in total. The summed E-state index contributed by atoms with van der Waals surface area (Å²) in [7, 11) is 1.95. The van der Waals surface area contributed by atoms with E-state index in [9.17, 15) is 5.11 Å². The molecule has 1 aliphatic rings. The van der Waals surface area contributed by atoms with E-state index in [0.29, 0.717) is 16.6 Å². The molecule has 0 aliphatic heterocycles. The smallest absolute Gasteiger partial charge is 0.106 e. The predicted molar refractivity (Wildman–Crippen MR) is 84.0 cm³/mol. The van der Waals surface area contributed by atoms with E-state index in [1.807, 2.05) is 24.1 Å². The van der Waals surface area contributed by atoms with Crippen molar-refractivity contribution in [3.8, 4) is 0 Å². The van der Waals surface area contributed by atoms with Gasteiger partial charge in [-0.2, -0.15) is 0 Å². The molecule has 2 rings (SSSR count). The van der Waals surface area contributed by atoms with Crippen LogP contribution < -0.4 is 10.6 Å². The Labute approximate surface area is 124 Å². The zero-order chi connectivity index (χ0) is 14.0. The van der Waals surface area contributed by atoms with E-state index in [0.717, 1.165) is 36.9 Å². The van der Waals surface area contributed by atoms with Crippen molar-refractivity contribution < 1.29 is 5.11 Å². The van der Waals surface area contributed by atoms with Crippen LogP contribution in [0, 0.1) is 0 Å². The molecule has 104 valence electrons. The van der Waals surface area contributed by atoms with Gasteiger partial charge in [0, 0.05) is 29.9 Å². The minimum atomic E-state index is -0.595. The number of thiocarbonyl (C=S) groups is 1. The lowest BCUT2D eigenvalue weighted by molar-refractivity contribution is 0.0559. The molecule has 0 spiro atoms. The molecule has 0 radical (unpaired) electrons. The van der Waals surface area contributed by atoms with Crippen LogP contribution in [-0.2, 0) is 0 Å². The van der Waals surface area contributed by atoms with Crippen LogP contribution in [0.5, 0.6) is 0 Å². The molecule has 0 saturated heterocycles. The summed E-state index contributed by atoms with van der Waals surface area (Å²) in [5.74, 6) is 0. The number of nitrogens with two attached hydrogens (primary N) is 1. The first-order valence-electron chi connectivity index (χ1n) is 6.44. The van der Waals surface area contributed by atoms with Crippen LogP contribution in [0.4, 0.5) is 5.69 Å². The van der Waals surface area contributed by atoms with Crippen molar-refractivity contribution in [3.05, 3.63) is 28.8 Å². The SMILES string of the molecule is CN(CC1(O)CCCC1)c1ccc(Cl)cc1C(N)=S. The summed E-state index contributed by atoms with van der Waals surface area (Å²) >= 11 is 11.0. The van der Waals surface area contributed by atoms with Crippen molar-refractivity contribution in [1.29, 1.82) is 0 Å². The number of anilines is 1. The van der Waals surface area contributed by atoms with E-state index in [1.165, 1.54) is 0 Å². The highest BCUT2D eigenvalue weighted by Crippen LogP contribution is 2.32. The normalized spacial score (nSPS) is 17.4. The van der Waals surface area contributed by atoms with Gasteiger partial charge in [-0.05, 0) is 31.0 Å². The van der Waals surface area contributed by atoms with Gasteiger partial charge < -0.3 is 15.7 Å². The molecule has 0 heterocycles. The molecule has 1 fully saturated rings. The Bertz CT molecular complexity index is 486. The molecule has 1 saturated carbocycles. The van der Waals surface area contributed by atoms with E-state index in [-0.39, 0.29) is 0 Å². The lowest BCUT2D eigenvalue weighted by Gasteiger charge is -2.31. The number of rotatable bonds is 4. The molecule has 1 aromatic rings. The molecular formula is C14H19ClN2OS. The molecule has 1 aliphatic carbocycles. The summed E-state index contributed by atoms with van der Waals surface area (Å²) in [6.45, 7) is 0.588. The van der Waals surface area contributed by atoms with Crippen molar-refractivity contribution in [3.63, 3.8) is 0 Å². The van der Waals surface area contributed by atoms with E-state index >= 15 is 0 Å². The summed E-state index contributed by atoms with van der Waals surface area (Å²) in [4.78, 5) is 2.33. The Kier molecular flexibility index (Phi) is 4.33. The third kappa shape index (κ3) is 3.38. The second-order valence-electron chi connectivity index (χ2n) is 5.31. The molecule has 0 aromatic heterocycles. The predicted octanol–water partition coefficient (Wildman–Crippen LogP) is 2.72. The standard InChI is InChI=1S/C14H19ClN2OS/c1-17(9-14(18)6-2-3-7-14)12-5-4-10(15)8-11(12)13(16)19/h4-5,8,18H,2-3,6-7,9H2,1H3,(H2,16,19). The summed E-state index contributed by atoms with van der Waals surface area (Å²) in [5.41, 5.74) is 6.82. The van der Waals surface area contributed by atoms with Crippen LogP contribution in [0.2, 0.25) is 5.02 Å². The van der Waals surface area contributed by atoms with Crippen molar-refractivity contribution >= 4 is 34.5 Å². The van der Waals surface area contributed by atoms with Gasteiger partial charge in [-0.25, -0.2) is 0 Å². The van der Waals surface area contributed by atoms with Crippen LogP contribution in [0.3, 0.4) is 0 Å².